The minimum atomic E-state index is -0.602. The molecule has 0 radical (unpaired) electrons. The first kappa shape index (κ1) is 12.3. The third-order valence-electron chi connectivity index (χ3n) is 2.87. The Morgan fingerprint density at radius 1 is 1.05 bits per heavy atom. The molecule has 3 rings (SSSR count). The van der Waals surface area contributed by atoms with E-state index in [1.54, 1.807) is 24.5 Å². The lowest BCUT2D eigenvalue weighted by Gasteiger charge is -2.03. The van der Waals surface area contributed by atoms with E-state index in [1.807, 2.05) is 0 Å². The molecule has 0 aliphatic rings. The van der Waals surface area contributed by atoms with Crippen LogP contribution in [0.15, 0.2) is 47.2 Å². The Morgan fingerprint density at radius 3 is 2.55 bits per heavy atom. The number of benzene rings is 1. The highest BCUT2D eigenvalue weighted by atomic mass is 19.1. The van der Waals surface area contributed by atoms with E-state index >= 15 is 0 Å². The smallest absolute Gasteiger partial charge is 0.230 e. The Hall–Kier alpha value is -2.76. The number of anilines is 1. The number of nitrogen functional groups attached to an aromatic ring is 1. The van der Waals surface area contributed by atoms with Crippen LogP contribution in [0.3, 0.4) is 0 Å². The van der Waals surface area contributed by atoms with Crippen molar-refractivity contribution in [1.82, 2.24) is 10.1 Å². The second kappa shape index (κ2) is 4.73. The molecule has 100 valence electrons. The molecule has 20 heavy (non-hydrogen) atoms. The van der Waals surface area contributed by atoms with Gasteiger partial charge in [0.25, 0.3) is 0 Å². The van der Waals surface area contributed by atoms with Crippen LogP contribution in [0.4, 0.5) is 14.7 Å². The van der Waals surface area contributed by atoms with Crippen LogP contribution in [0.25, 0.3) is 22.4 Å². The predicted molar refractivity (Wildman–Crippen MR) is 69.5 cm³/mol. The number of pyridine rings is 1. The van der Waals surface area contributed by atoms with Crippen molar-refractivity contribution in [3.8, 4) is 22.4 Å². The van der Waals surface area contributed by atoms with Gasteiger partial charge in [0.05, 0.1) is 5.56 Å². The Morgan fingerprint density at radius 2 is 1.80 bits per heavy atom. The Labute approximate surface area is 112 Å². The van der Waals surface area contributed by atoms with Crippen LogP contribution in [0.2, 0.25) is 0 Å². The van der Waals surface area contributed by atoms with Crippen LogP contribution < -0.4 is 5.73 Å². The summed E-state index contributed by atoms with van der Waals surface area (Å²) < 4.78 is 32.1. The standard InChI is InChI=1S/C14H9F2N3O/c15-9-1-2-11(16)10(7-9)13-12(14(17)20-19-13)8-3-5-18-6-4-8/h1-7H,17H2. The maximum absolute atomic E-state index is 13.9. The summed E-state index contributed by atoms with van der Waals surface area (Å²) in [7, 11) is 0. The van der Waals surface area contributed by atoms with E-state index in [9.17, 15) is 8.78 Å². The summed E-state index contributed by atoms with van der Waals surface area (Å²) in [5, 5.41) is 3.74. The van der Waals surface area contributed by atoms with Gasteiger partial charge < -0.3 is 10.3 Å². The molecule has 0 aliphatic heterocycles. The number of nitrogens with two attached hydrogens (primary N) is 1. The monoisotopic (exact) mass is 273 g/mol. The minimum Gasteiger partial charge on any atom is -0.367 e. The van der Waals surface area contributed by atoms with Crippen molar-refractivity contribution in [3.63, 3.8) is 0 Å². The van der Waals surface area contributed by atoms with E-state index in [0.717, 1.165) is 18.2 Å². The highest BCUT2D eigenvalue weighted by Gasteiger charge is 2.20. The first-order valence-electron chi connectivity index (χ1n) is 5.78. The number of halogens is 2. The van der Waals surface area contributed by atoms with E-state index < -0.39 is 11.6 Å². The zero-order valence-electron chi connectivity index (χ0n) is 10.2. The van der Waals surface area contributed by atoms with Gasteiger partial charge >= 0.3 is 0 Å². The summed E-state index contributed by atoms with van der Waals surface area (Å²) in [4.78, 5) is 3.89. The number of hydrogen-bond acceptors (Lipinski definition) is 4. The second-order valence-electron chi connectivity index (χ2n) is 4.13. The third kappa shape index (κ3) is 2.01. The molecule has 0 saturated carbocycles. The summed E-state index contributed by atoms with van der Waals surface area (Å²) >= 11 is 0. The highest BCUT2D eigenvalue weighted by Crippen LogP contribution is 2.37. The molecule has 2 N–H and O–H groups in total. The number of rotatable bonds is 2. The molecule has 6 heteroatoms. The first-order valence-corrected chi connectivity index (χ1v) is 5.78. The van der Waals surface area contributed by atoms with Crippen molar-refractivity contribution in [2.75, 3.05) is 5.73 Å². The third-order valence-corrected chi connectivity index (χ3v) is 2.87. The number of aromatic nitrogens is 2. The molecule has 1 aromatic carbocycles. The molecule has 0 spiro atoms. The van der Waals surface area contributed by atoms with Crippen molar-refractivity contribution < 1.29 is 13.3 Å². The van der Waals surface area contributed by atoms with Gasteiger partial charge in [0, 0.05) is 18.0 Å². The van der Waals surface area contributed by atoms with E-state index in [2.05, 4.69) is 10.1 Å². The van der Waals surface area contributed by atoms with Crippen molar-refractivity contribution in [2.24, 2.45) is 0 Å². The predicted octanol–water partition coefficient (Wildman–Crippen LogP) is 3.26. The van der Waals surface area contributed by atoms with Gasteiger partial charge in [0.15, 0.2) is 0 Å². The van der Waals surface area contributed by atoms with Crippen LogP contribution in [0.5, 0.6) is 0 Å². The van der Waals surface area contributed by atoms with Crippen molar-refractivity contribution in [2.45, 2.75) is 0 Å². The number of nitrogens with zero attached hydrogens (tertiary/aromatic N) is 2. The van der Waals surface area contributed by atoms with Crippen LogP contribution in [-0.2, 0) is 0 Å². The van der Waals surface area contributed by atoms with Gasteiger partial charge in [-0.3, -0.25) is 4.98 Å². The SMILES string of the molecule is Nc1onc(-c2cc(F)ccc2F)c1-c1ccncc1. The van der Waals surface area contributed by atoms with Gasteiger partial charge in [0.2, 0.25) is 5.88 Å². The van der Waals surface area contributed by atoms with E-state index in [4.69, 9.17) is 10.3 Å². The minimum absolute atomic E-state index is 0.00253. The maximum atomic E-state index is 13.9. The summed E-state index contributed by atoms with van der Waals surface area (Å²) in [6.07, 6.45) is 3.13. The van der Waals surface area contributed by atoms with Crippen LogP contribution >= 0.6 is 0 Å². The molecule has 2 aromatic heterocycles. The van der Waals surface area contributed by atoms with Crippen LogP contribution in [0.1, 0.15) is 0 Å². The van der Waals surface area contributed by atoms with E-state index in [0.29, 0.717) is 11.1 Å². The summed E-state index contributed by atoms with van der Waals surface area (Å²) in [6.45, 7) is 0. The van der Waals surface area contributed by atoms with Gasteiger partial charge in [-0.2, -0.15) is 0 Å². The zero-order valence-corrected chi connectivity index (χ0v) is 10.2. The summed E-state index contributed by atoms with van der Waals surface area (Å²) in [6, 6.07) is 6.49. The molecular formula is C14H9F2N3O. The average Bonchev–Trinajstić information content (AvgIpc) is 2.84. The molecular weight excluding hydrogens is 264 g/mol. The van der Waals surface area contributed by atoms with Gasteiger partial charge in [-0.05, 0) is 35.9 Å². The van der Waals surface area contributed by atoms with E-state index in [-0.39, 0.29) is 17.1 Å². The van der Waals surface area contributed by atoms with Gasteiger partial charge in [-0.1, -0.05) is 5.16 Å². The van der Waals surface area contributed by atoms with Gasteiger partial charge in [-0.15, -0.1) is 0 Å². The number of hydrogen-bond donors (Lipinski definition) is 1. The Balaban J connectivity index is 2.24. The molecule has 2 heterocycles. The second-order valence-corrected chi connectivity index (χ2v) is 4.13. The summed E-state index contributed by atoms with van der Waals surface area (Å²) in [5.74, 6) is -1.13. The molecule has 3 aromatic rings. The fraction of sp³-hybridized carbons (Fsp3) is 0. The quantitative estimate of drug-likeness (QED) is 0.778. The molecule has 0 bridgehead atoms. The fourth-order valence-electron chi connectivity index (χ4n) is 1.96. The highest BCUT2D eigenvalue weighted by molar-refractivity contribution is 5.86. The Bertz CT molecular complexity index is 756. The largest absolute Gasteiger partial charge is 0.367 e. The molecule has 4 nitrogen and oxygen atoms in total. The lowest BCUT2D eigenvalue weighted by atomic mass is 10.0. The topological polar surface area (TPSA) is 64.9 Å². The van der Waals surface area contributed by atoms with Crippen molar-refractivity contribution in [3.05, 3.63) is 54.4 Å². The first-order chi connectivity index (χ1) is 9.66. The molecule has 0 amide bonds. The zero-order chi connectivity index (χ0) is 14.1. The summed E-state index contributed by atoms with van der Waals surface area (Å²) in [5.41, 5.74) is 6.97. The van der Waals surface area contributed by atoms with Crippen LogP contribution in [-0.4, -0.2) is 10.1 Å². The van der Waals surface area contributed by atoms with Crippen molar-refractivity contribution >= 4 is 5.88 Å². The lowest BCUT2D eigenvalue weighted by molar-refractivity contribution is 0.439. The van der Waals surface area contributed by atoms with Crippen molar-refractivity contribution in [1.29, 1.82) is 0 Å². The fourth-order valence-corrected chi connectivity index (χ4v) is 1.96. The Kier molecular flexibility index (Phi) is 2.90. The van der Waals surface area contributed by atoms with Gasteiger partial charge in [0.1, 0.15) is 17.3 Å². The normalized spacial score (nSPS) is 10.7. The maximum Gasteiger partial charge on any atom is 0.230 e. The van der Waals surface area contributed by atoms with Crippen LogP contribution in [0, 0.1) is 11.6 Å². The molecule has 0 fully saturated rings. The lowest BCUT2D eigenvalue weighted by Crippen LogP contribution is -1.91. The molecule has 0 atom stereocenters. The molecule has 0 unspecified atom stereocenters. The molecule has 0 aliphatic carbocycles. The van der Waals surface area contributed by atoms with Gasteiger partial charge in [-0.25, -0.2) is 8.78 Å². The average molecular weight is 273 g/mol. The van der Waals surface area contributed by atoms with E-state index in [1.165, 1.54) is 0 Å². The molecule has 0 saturated heterocycles.